The molecule has 0 radical (unpaired) electrons. The molecule has 5 rings (SSSR count). The highest BCUT2D eigenvalue weighted by molar-refractivity contribution is 5.53. The minimum atomic E-state index is -4.36. The molecule has 3 aromatic carbocycles. The van der Waals surface area contributed by atoms with Gasteiger partial charge in [-0.1, -0.05) is 50.3 Å². The Morgan fingerprint density at radius 1 is 0.756 bits per heavy atom. The summed E-state index contributed by atoms with van der Waals surface area (Å²) in [4.78, 5) is 4.15. The Balaban J connectivity index is 1.37. The minimum Gasteiger partial charge on any atom is -0.473 e. The lowest BCUT2D eigenvalue weighted by atomic mass is 9.77. The molecule has 7 heteroatoms. The van der Waals surface area contributed by atoms with Crippen LogP contribution in [0.3, 0.4) is 0 Å². The molecule has 3 aromatic rings. The molecule has 0 spiro atoms. The average molecular weight is 561 g/mol. The zero-order valence-electron chi connectivity index (χ0n) is 23.8. The second kappa shape index (κ2) is 11.4. The van der Waals surface area contributed by atoms with Gasteiger partial charge in [-0.3, -0.25) is 0 Å². The van der Waals surface area contributed by atoms with Crippen molar-refractivity contribution in [2.24, 2.45) is 0 Å². The Bertz CT molecular complexity index is 1490. The predicted octanol–water partition coefficient (Wildman–Crippen LogP) is 8.58. The maximum Gasteiger partial charge on any atom is 0.416 e. The lowest BCUT2D eigenvalue weighted by Crippen LogP contribution is -2.32. The quantitative estimate of drug-likeness (QED) is 0.282. The van der Waals surface area contributed by atoms with Gasteiger partial charge in [-0.2, -0.15) is 13.2 Å². The van der Waals surface area contributed by atoms with Crippen molar-refractivity contribution in [3.63, 3.8) is 0 Å². The normalized spacial score (nSPS) is 16.0. The molecule has 0 aromatic heterocycles. The molecule has 0 amide bonds. The Labute approximate surface area is 240 Å². The van der Waals surface area contributed by atoms with Gasteiger partial charge in [-0.15, -0.1) is 0 Å². The van der Waals surface area contributed by atoms with E-state index in [9.17, 15) is 13.2 Å². The summed E-state index contributed by atoms with van der Waals surface area (Å²) in [7, 11) is 0. The number of hydrogen-bond donors (Lipinski definition) is 0. The molecule has 2 aliphatic heterocycles. The van der Waals surface area contributed by atoms with Gasteiger partial charge in [0.05, 0.1) is 5.56 Å². The Morgan fingerprint density at radius 3 is 1.93 bits per heavy atom. The van der Waals surface area contributed by atoms with Gasteiger partial charge in [0, 0.05) is 41.0 Å². The van der Waals surface area contributed by atoms with Gasteiger partial charge in [0.2, 0.25) is 0 Å². The summed E-state index contributed by atoms with van der Waals surface area (Å²) in [5.41, 5.74) is 5.26. The minimum absolute atomic E-state index is 0.278. The highest BCUT2D eigenvalue weighted by Gasteiger charge is 2.31. The van der Waals surface area contributed by atoms with E-state index in [1.54, 1.807) is 0 Å². The molecule has 0 aliphatic carbocycles. The van der Waals surface area contributed by atoms with Crippen molar-refractivity contribution in [1.82, 2.24) is 4.90 Å². The zero-order chi connectivity index (χ0) is 29.2. The number of rotatable bonds is 6. The summed E-state index contributed by atoms with van der Waals surface area (Å²) in [5, 5.41) is 0. The van der Waals surface area contributed by atoms with Gasteiger partial charge in [-0.25, -0.2) is 0 Å². The van der Waals surface area contributed by atoms with Gasteiger partial charge >= 0.3 is 6.18 Å². The largest absolute Gasteiger partial charge is 0.473 e. The molecule has 214 valence electrons. The van der Waals surface area contributed by atoms with E-state index in [0.717, 1.165) is 52.6 Å². The summed E-state index contributed by atoms with van der Waals surface area (Å²) < 4.78 is 51.1. The third kappa shape index (κ3) is 5.99. The molecule has 0 atom stereocenters. The fraction of sp³-hybridized carbons (Fsp3) is 0.294. The van der Waals surface area contributed by atoms with E-state index < -0.39 is 11.7 Å². The van der Waals surface area contributed by atoms with Crippen molar-refractivity contribution in [3.8, 4) is 11.5 Å². The first-order valence-electron chi connectivity index (χ1n) is 13.8. The summed E-state index contributed by atoms with van der Waals surface area (Å²) in [6.07, 6.45) is 5.86. The smallest absolute Gasteiger partial charge is 0.416 e. The van der Waals surface area contributed by atoms with E-state index in [0.29, 0.717) is 19.0 Å². The van der Waals surface area contributed by atoms with Crippen molar-refractivity contribution in [3.05, 3.63) is 125 Å². The van der Waals surface area contributed by atoms with E-state index in [2.05, 4.69) is 61.2 Å². The fourth-order valence-corrected chi connectivity index (χ4v) is 5.27. The summed E-state index contributed by atoms with van der Waals surface area (Å²) in [6, 6.07) is 17.9. The van der Waals surface area contributed by atoms with E-state index in [-0.39, 0.29) is 12.1 Å². The molecular weight excluding hydrogens is 525 g/mol. The first kappa shape index (κ1) is 28.4. The van der Waals surface area contributed by atoms with Gasteiger partial charge in [-0.05, 0) is 79.6 Å². The molecule has 41 heavy (non-hydrogen) atoms. The van der Waals surface area contributed by atoms with Crippen LogP contribution in [0.15, 0.2) is 96.7 Å². The Morgan fingerprint density at radius 2 is 1.34 bits per heavy atom. The van der Waals surface area contributed by atoms with E-state index in [1.165, 1.54) is 17.7 Å². The zero-order valence-corrected chi connectivity index (χ0v) is 23.8. The summed E-state index contributed by atoms with van der Waals surface area (Å²) >= 11 is 0. The van der Waals surface area contributed by atoms with Crippen molar-refractivity contribution in [1.29, 1.82) is 0 Å². The van der Waals surface area contributed by atoms with Crippen molar-refractivity contribution in [2.75, 3.05) is 18.4 Å². The van der Waals surface area contributed by atoms with Crippen LogP contribution in [0.4, 0.5) is 18.9 Å². The van der Waals surface area contributed by atoms with E-state index in [4.69, 9.17) is 9.47 Å². The Kier molecular flexibility index (Phi) is 7.89. The van der Waals surface area contributed by atoms with E-state index in [1.807, 2.05) is 43.0 Å². The summed E-state index contributed by atoms with van der Waals surface area (Å²) in [5.74, 6) is 1.70. The first-order valence-corrected chi connectivity index (χ1v) is 13.8. The molecule has 0 saturated heterocycles. The molecule has 2 aliphatic rings. The van der Waals surface area contributed by atoms with Crippen molar-refractivity contribution in [2.45, 2.75) is 52.4 Å². The molecule has 0 N–H and O–H groups in total. The number of allylic oxidation sites excluding steroid dienone is 5. The summed E-state index contributed by atoms with van der Waals surface area (Å²) in [6.45, 7) is 10.5. The number of ether oxygens (including phenoxy) is 2. The monoisotopic (exact) mass is 560 g/mol. The van der Waals surface area contributed by atoms with Crippen LogP contribution in [0.2, 0.25) is 0 Å². The molecule has 0 saturated carbocycles. The molecular formula is C34H35F3N2O2. The number of alkyl halides is 3. The van der Waals surface area contributed by atoms with Gasteiger partial charge in [0.1, 0.15) is 11.5 Å². The van der Waals surface area contributed by atoms with Crippen LogP contribution in [0.5, 0.6) is 11.5 Å². The number of fused-ring (bicyclic) bond motifs is 2. The molecule has 0 bridgehead atoms. The number of hydrogen-bond acceptors (Lipinski definition) is 4. The number of benzene rings is 3. The van der Waals surface area contributed by atoms with Gasteiger partial charge in [0.15, 0.2) is 13.5 Å². The lowest BCUT2D eigenvalue weighted by Gasteiger charge is -2.34. The standard InChI is InChI=1S/C34H35F3N2O2/c1-5-7-8-9-29(6-2)38-20-24-18-27(12-16-31(24)40-22-38)33(3,4)28-13-17-32-25(19-28)21-39(23-41-32)30-14-10-26(11-15-30)34(35,36)37/h5-19H,20-23H2,1-4H3/b7-5+,9-8-,29-6+. The second-order valence-electron chi connectivity index (χ2n) is 10.9. The van der Waals surface area contributed by atoms with Gasteiger partial charge in [0.25, 0.3) is 0 Å². The maximum atomic E-state index is 13.0. The van der Waals surface area contributed by atoms with Crippen LogP contribution in [-0.2, 0) is 24.7 Å². The third-order valence-electron chi connectivity index (χ3n) is 7.83. The fourth-order valence-electron chi connectivity index (χ4n) is 5.27. The van der Waals surface area contributed by atoms with Crippen LogP contribution in [0.25, 0.3) is 0 Å². The highest BCUT2D eigenvalue weighted by atomic mass is 19.4. The molecule has 4 nitrogen and oxygen atoms in total. The predicted molar refractivity (Wildman–Crippen MR) is 157 cm³/mol. The van der Waals surface area contributed by atoms with Crippen LogP contribution >= 0.6 is 0 Å². The van der Waals surface area contributed by atoms with E-state index >= 15 is 0 Å². The number of halogens is 3. The van der Waals surface area contributed by atoms with Crippen LogP contribution in [0, 0.1) is 0 Å². The van der Waals surface area contributed by atoms with Crippen molar-refractivity contribution < 1.29 is 22.6 Å². The Hall–Kier alpha value is -4.13. The topological polar surface area (TPSA) is 24.9 Å². The highest BCUT2D eigenvalue weighted by Crippen LogP contribution is 2.39. The third-order valence-corrected chi connectivity index (χ3v) is 7.83. The molecule has 2 heterocycles. The van der Waals surface area contributed by atoms with Gasteiger partial charge < -0.3 is 19.3 Å². The van der Waals surface area contributed by atoms with Crippen molar-refractivity contribution >= 4 is 5.69 Å². The van der Waals surface area contributed by atoms with Crippen LogP contribution in [-0.4, -0.2) is 18.4 Å². The lowest BCUT2D eigenvalue weighted by molar-refractivity contribution is -0.137. The first-order chi connectivity index (χ1) is 19.6. The molecule has 0 fully saturated rings. The second-order valence-corrected chi connectivity index (χ2v) is 10.9. The van der Waals surface area contributed by atoms with Crippen LogP contribution in [0.1, 0.15) is 55.5 Å². The average Bonchev–Trinajstić information content (AvgIpc) is 2.98. The molecule has 0 unspecified atom stereocenters. The SMILES string of the molecule is C/C=C/C=C\C(=C/C)N1COc2ccc(C(C)(C)c3ccc4c(c3)CN(c3ccc(C(F)(F)F)cc3)CO4)cc2C1. The maximum absolute atomic E-state index is 13.0. The number of anilines is 1. The number of nitrogens with zero attached hydrogens (tertiary/aromatic N) is 2. The van der Waals surface area contributed by atoms with Crippen LogP contribution < -0.4 is 14.4 Å².